The third-order valence-corrected chi connectivity index (χ3v) is 10.7. The van der Waals surface area contributed by atoms with Crippen molar-refractivity contribution in [2.45, 2.75) is 79.5 Å². The first kappa shape index (κ1) is 27.2. The van der Waals surface area contributed by atoms with Crippen molar-refractivity contribution in [1.29, 1.82) is 0 Å². The zero-order valence-corrected chi connectivity index (χ0v) is 23.6. The Morgan fingerprint density at radius 2 is 1.45 bits per heavy atom. The molecule has 40 heavy (non-hydrogen) atoms. The molecule has 1 spiro atoms. The lowest BCUT2D eigenvalue weighted by molar-refractivity contribution is -0.173. The summed E-state index contributed by atoms with van der Waals surface area (Å²) in [7, 11) is -3.28. The summed E-state index contributed by atoms with van der Waals surface area (Å²) in [6, 6.07) is 27.3. The predicted molar refractivity (Wildman–Crippen MR) is 151 cm³/mol. The second kappa shape index (κ2) is 11.1. The fourth-order valence-electron chi connectivity index (χ4n) is 6.27. The molecular formula is C33H36O6S. The molecule has 1 heterocycles. The van der Waals surface area contributed by atoms with Crippen LogP contribution in [0.2, 0.25) is 0 Å². The number of carbonyl (C=O) groups is 1. The average Bonchev–Trinajstić information content (AvgIpc) is 3.69. The van der Waals surface area contributed by atoms with E-state index in [0.29, 0.717) is 24.3 Å². The van der Waals surface area contributed by atoms with Gasteiger partial charge in [-0.2, -0.15) is 0 Å². The van der Waals surface area contributed by atoms with Crippen LogP contribution in [0.25, 0.3) is 0 Å². The van der Waals surface area contributed by atoms with Crippen LogP contribution in [-0.4, -0.2) is 32.0 Å². The lowest BCUT2D eigenvalue weighted by Gasteiger charge is -2.24. The predicted octanol–water partition coefficient (Wildman–Crippen LogP) is 6.69. The van der Waals surface area contributed by atoms with Gasteiger partial charge < -0.3 is 14.2 Å². The Balaban J connectivity index is 1.21. The van der Waals surface area contributed by atoms with Gasteiger partial charge in [-0.3, -0.25) is 4.79 Å². The molecule has 0 bridgehead atoms. The zero-order chi connectivity index (χ0) is 27.7. The topological polar surface area (TPSA) is 78.9 Å². The molecule has 4 atom stereocenters. The summed E-state index contributed by atoms with van der Waals surface area (Å²) >= 11 is 0. The van der Waals surface area contributed by atoms with Crippen LogP contribution in [0.4, 0.5) is 0 Å². The van der Waals surface area contributed by atoms with Crippen LogP contribution < -0.4 is 0 Å². The van der Waals surface area contributed by atoms with Gasteiger partial charge in [-0.05, 0) is 67.3 Å². The van der Waals surface area contributed by atoms with Gasteiger partial charge in [-0.1, -0.05) is 72.8 Å². The first-order valence-electron chi connectivity index (χ1n) is 14.3. The summed E-state index contributed by atoms with van der Waals surface area (Å²) in [4.78, 5) is 13.4. The summed E-state index contributed by atoms with van der Waals surface area (Å²) in [6.07, 6.45) is 3.90. The molecule has 3 aromatic carbocycles. The van der Waals surface area contributed by atoms with E-state index in [4.69, 9.17) is 14.2 Å². The minimum absolute atomic E-state index is 0.190. The van der Waals surface area contributed by atoms with E-state index < -0.39 is 21.5 Å². The Morgan fingerprint density at radius 1 is 0.875 bits per heavy atom. The third kappa shape index (κ3) is 5.47. The molecule has 1 saturated heterocycles. The molecule has 0 N–H and O–H groups in total. The number of hydrogen-bond donors (Lipinski definition) is 0. The molecule has 0 aromatic heterocycles. The normalized spacial score (nSPS) is 27.1. The van der Waals surface area contributed by atoms with E-state index in [-0.39, 0.29) is 29.3 Å². The van der Waals surface area contributed by atoms with Gasteiger partial charge >= 0.3 is 5.97 Å². The highest BCUT2D eigenvalue weighted by molar-refractivity contribution is 7.92. The number of sulfone groups is 1. The van der Waals surface area contributed by atoms with E-state index in [1.165, 1.54) is 0 Å². The monoisotopic (exact) mass is 560 g/mol. The first-order valence-corrected chi connectivity index (χ1v) is 15.9. The largest absolute Gasteiger partial charge is 0.466 e. The quantitative estimate of drug-likeness (QED) is 0.272. The van der Waals surface area contributed by atoms with Gasteiger partial charge in [0.1, 0.15) is 12.2 Å². The number of carbonyl (C=O) groups excluding carboxylic acids is 1. The molecular weight excluding hydrogens is 524 g/mol. The van der Waals surface area contributed by atoms with Crippen molar-refractivity contribution in [3.63, 3.8) is 0 Å². The molecule has 6 nitrogen and oxygen atoms in total. The molecule has 4 unspecified atom stereocenters. The van der Waals surface area contributed by atoms with Crippen molar-refractivity contribution in [2.75, 3.05) is 6.61 Å². The van der Waals surface area contributed by atoms with Gasteiger partial charge in [0.15, 0.2) is 15.6 Å². The number of esters is 1. The average molecular weight is 561 g/mol. The fourth-order valence-corrected chi connectivity index (χ4v) is 7.93. The van der Waals surface area contributed by atoms with E-state index in [1.54, 1.807) is 31.2 Å². The maximum atomic E-state index is 13.1. The highest BCUT2D eigenvalue weighted by atomic mass is 32.2. The van der Waals surface area contributed by atoms with E-state index >= 15 is 0 Å². The first-order chi connectivity index (χ1) is 19.4. The SMILES string of the molecule is CCOC(=O)C(CC1CCC2(C1)OC(c1ccccc1)C(c1ccccc1)O2)c1ccc(S(=O)(=O)C2CC2)cc1. The minimum atomic E-state index is -3.28. The minimum Gasteiger partial charge on any atom is -0.466 e. The van der Waals surface area contributed by atoms with Gasteiger partial charge in [0.2, 0.25) is 0 Å². The maximum absolute atomic E-state index is 13.1. The van der Waals surface area contributed by atoms with Crippen molar-refractivity contribution in [3.8, 4) is 0 Å². The second-order valence-electron chi connectivity index (χ2n) is 11.3. The van der Waals surface area contributed by atoms with E-state index in [9.17, 15) is 13.2 Å². The molecule has 1 aliphatic heterocycles. The summed E-state index contributed by atoms with van der Waals surface area (Å²) in [5.41, 5.74) is 2.95. The van der Waals surface area contributed by atoms with Gasteiger partial charge in [-0.25, -0.2) is 8.42 Å². The van der Waals surface area contributed by atoms with Crippen LogP contribution in [-0.2, 0) is 28.8 Å². The van der Waals surface area contributed by atoms with Crippen LogP contribution >= 0.6 is 0 Å². The van der Waals surface area contributed by atoms with Crippen molar-refractivity contribution in [1.82, 2.24) is 0 Å². The molecule has 6 rings (SSSR count). The Labute approximate surface area is 236 Å². The van der Waals surface area contributed by atoms with Crippen LogP contribution in [0.3, 0.4) is 0 Å². The fraction of sp³-hybridized carbons (Fsp3) is 0.424. The van der Waals surface area contributed by atoms with Gasteiger partial charge in [-0.15, -0.1) is 0 Å². The highest BCUT2D eigenvalue weighted by Gasteiger charge is 2.53. The molecule has 2 saturated carbocycles. The van der Waals surface area contributed by atoms with Gasteiger partial charge in [0.25, 0.3) is 0 Å². The molecule has 3 aliphatic rings. The highest BCUT2D eigenvalue weighted by Crippen LogP contribution is 2.55. The van der Waals surface area contributed by atoms with Gasteiger partial charge in [0.05, 0.1) is 22.7 Å². The van der Waals surface area contributed by atoms with Crippen molar-refractivity contribution in [2.24, 2.45) is 5.92 Å². The zero-order valence-electron chi connectivity index (χ0n) is 22.8. The number of rotatable bonds is 9. The van der Waals surface area contributed by atoms with Crippen molar-refractivity contribution < 1.29 is 27.4 Å². The van der Waals surface area contributed by atoms with Crippen molar-refractivity contribution in [3.05, 3.63) is 102 Å². The summed E-state index contributed by atoms with van der Waals surface area (Å²) in [5.74, 6) is -1.28. The molecule has 0 amide bonds. The summed E-state index contributed by atoms with van der Waals surface area (Å²) in [6.45, 7) is 2.10. The van der Waals surface area contributed by atoms with Gasteiger partial charge in [0, 0.05) is 12.8 Å². The van der Waals surface area contributed by atoms with E-state index in [2.05, 4.69) is 24.3 Å². The molecule has 2 aliphatic carbocycles. The Kier molecular flexibility index (Phi) is 7.55. The molecule has 3 fully saturated rings. The smallest absolute Gasteiger partial charge is 0.313 e. The standard InChI is InChI=1S/C33H36O6S/c1-2-37-32(34)29(24-13-15-27(16-14-24)40(35,36)28-17-18-28)21-23-19-20-33(22-23)38-30(25-9-5-3-6-10-25)31(39-33)26-11-7-4-8-12-26/h3-16,23,28-31H,2,17-22H2,1H3. The lowest BCUT2D eigenvalue weighted by Crippen LogP contribution is -2.27. The van der Waals surface area contributed by atoms with Crippen molar-refractivity contribution >= 4 is 15.8 Å². The molecule has 3 aromatic rings. The number of benzene rings is 3. The molecule has 0 radical (unpaired) electrons. The van der Waals surface area contributed by atoms with E-state index in [0.717, 1.165) is 42.4 Å². The number of ether oxygens (including phenoxy) is 3. The van der Waals surface area contributed by atoms with E-state index in [1.807, 2.05) is 36.4 Å². The summed E-state index contributed by atoms with van der Waals surface area (Å²) < 4.78 is 44.3. The van der Waals surface area contributed by atoms with Crippen LogP contribution in [0.1, 0.15) is 80.3 Å². The Morgan fingerprint density at radius 3 is 1.98 bits per heavy atom. The Hall–Kier alpha value is -3.00. The molecule has 7 heteroatoms. The number of hydrogen-bond acceptors (Lipinski definition) is 6. The maximum Gasteiger partial charge on any atom is 0.313 e. The Bertz CT molecular complexity index is 1370. The van der Waals surface area contributed by atoms with Crippen LogP contribution in [0.5, 0.6) is 0 Å². The van der Waals surface area contributed by atoms with Crippen LogP contribution in [0.15, 0.2) is 89.8 Å². The lowest BCUT2D eigenvalue weighted by atomic mass is 9.87. The summed E-state index contributed by atoms with van der Waals surface area (Å²) in [5, 5.41) is -0.264. The molecule has 210 valence electrons. The second-order valence-corrected chi connectivity index (χ2v) is 13.5. The van der Waals surface area contributed by atoms with Crippen LogP contribution in [0, 0.1) is 5.92 Å². The third-order valence-electron chi connectivity index (χ3n) is 8.46.